The summed E-state index contributed by atoms with van der Waals surface area (Å²) < 4.78 is 11.4. The van der Waals surface area contributed by atoms with Gasteiger partial charge in [-0.15, -0.1) is 0 Å². The largest absolute Gasteiger partial charge is 0.492 e. The minimum absolute atomic E-state index is 0.146. The fraction of sp³-hybridized carbons (Fsp3) is 0.0909. The maximum atomic E-state index is 12.6. The molecule has 0 radical (unpaired) electrons. The molecule has 0 saturated carbocycles. The minimum atomic E-state index is -0.375. The Kier molecular flexibility index (Phi) is 6.18. The summed E-state index contributed by atoms with van der Waals surface area (Å²) in [5.74, 6) is 1.29. The Labute approximate surface area is 187 Å². The number of thioether (sulfide) groups is 1. The fourth-order valence-corrected chi connectivity index (χ4v) is 4.04. The molecule has 2 heterocycles. The summed E-state index contributed by atoms with van der Waals surface area (Å²) in [7, 11) is 0. The van der Waals surface area contributed by atoms with Crippen LogP contribution in [0.3, 0.4) is 0 Å². The molecule has 5 nitrogen and oxygen atoms in total. The number of furan rings is 1. The van der Waals surface area contributed by atoms with Gasteiger partial charge in [-0.1, -0.05) is 35.3 Å². The first-order valence-corrected chi connectivity index (χ1v) is 10.6. The minimum Gasteiger partial charge on any atom is -0.492 e. The molecule has 2 aromatic carbocycles. The van der Waals surface area contributed by atoms with Gasteiger partial charge in [-0.25, -0.2) is 0 Å². The third-order valence-electron chi connectivity index (χ3n) is 4.31. The van der Waals surface area contributed by atoms with Crippen LogP contribution in [0.25, 0.3) is 17.4 Å². The molecule has 0 N–H and O–H groups in total. The quantitative estimate of drug-likeness (QED) is 0.400. The molecule has 30 heavy (non-hydrogen) atoms. The highest BCUT2D eigenvalue weighted by Crippen LogP contribution is 2.34. The van der Waals surface area contributed by atoms with Gasteiger partial charge in [0.05, 0.1) is 16.5 Å². The second kappa shape index (κ2) is 9.00. The van der Waals surface area contributed by atoms with Crippen molar-refractivity contribution in [1.29, 1.82) is 0 Å². The summed E-state index contributed by atoms with van der Waals surface area (Å²) >= 11 is 12.9. The van der Waals surface area contributed by atoms with Crippen LogP contribution in [0.2, 0.25) is 10.0 Å². The van der Waals surface area contributed by atoms with Crippen molar-refractivity contribution in [2.45, 2.75) is 0 Å². The summed E-state index contributed by atoms with van der Waals surface area (Å²) in [5.41, 5.74) is 0.756. The number of halogens is 2. The maximum absolute atomic E-state index is 12.6. The van der Waals surface area contributed by atoms with E-state index in [4.69, 9.17) is 32.4 Å². The molecule has 2 amide bonds. The zero-order chi connectivity index (χ0) is 21.1. The second-order valence-corrected chi connectivity index (χ2v) is 8.15. The molecule has 1 saturated heterocycles. The lowest BCUT2D eigenvalue weighted by molar-refractivity contribution is -0.123. The Morgan fingerprint density at radius 2 is 1.77 bits per heavy atom. The van der Waals surface area contributed by atoms with E-state index in [1.54, 1.807) is 48.5 Å². The van der Waals surface area contributed by atoms with E-state index in [9.17, 15) is 9.59 Å². The molecule has 1 aliphatic heterocycles. The molecule has 4 rings (SSSR count). The van der Waals surface area contributed by atoms with Crippen LogP contribution < -0.4 is 4.74 Å². The molecule has 1 aliphatic rings. The average Bonchev–Trinajstić information content (AvgIpc) is 3.30. The van der Waals surface area contributed by atoms with E-state index in [1.807, 2.05) is 18.2 Å². The van der Waals surface area contributed by atoms with Gasteiger partial charge in [0.2, 0.25) is 0 Å². The van der Waals surface area contributed by atoms with Gasteiger partial charge in [-0.05, 0) is 60.3 Å². The van der Waals surface area contributed by atoms with E-state index in [1.165, 1.54) is 0 Å². The van der Waals surface area contributed by atoms with Crippen LogP contribution >= 0.6 is 35.0 Å². The van der Waals surface area contributed by atoms with Crippen molar-refractivity contribution in [2.24, 2.45) is 0 Å². The highest BCUT2D eigenvalue weighted by atomic mass is 35.5. The summed E-state index contributed by atoms with van der Waals surface area (Å²) in [5, 5.41) is 0.831. The highest BCUT2D eigenvalue weighted by Gasteiger charge is 2.35. The first kappa shape index (κ1) is 20.6. The van der Waals surface area contributed by atoms with Crippen LogP contribution in [-0.4, -0.2) is 29.2 Å². The molecular weight excluding hydrogens is 445 g/mol. The number of nitrogens with zero attached hydrogens (tertiary/aromatic N) is 1. The monoisotopic (exact) mass is 459 g/mol. The molecule has 8 heteroatoms. The Morgan fingerprint density at radius 1 is 1.00 bits per heavy atom. The Balaban J connectivity index is 1.41. The lowest BCUT2D eigenvalue weighted by Gasteiger charge is -2.13. The normalized spacial score (nSPS) is 15.3. The van der Waals surface area contributed by atoms with E-state index >= 15 is 0 Å². The molecular formula is C22H15Cl2NO4S. The first-order chi connectivity index (χ1) is 14.5. The number of carbonyl (C=O) groups is 2. The molecule has 0 unspecified atom stereocenters. The zero-order valence-corrected chi connectivity index (χ0v) is 17.8. The molecule has 3 aromatic rings. The predicted octanol–water partition coefficient (Wildman–Crippen LogP) is 6.37. The summed E-state index contributed by atoms with van der Waals surface area (Å²) in [4.78, 5) is 26.3. The van der Waals surface area contributed by atoms with Gasteiger partial charge in [-0.3, -0.25) is 14.5 Å². The van der Waals surface area contributed by atoms with Crippen molar-refractivity contribution in [3.05, 3.63) is 81.4 Å². The number of amides is 2. The van der Waals surface area contributed by atoms with E-state index in [2.05, 4.69) is 0 Å². The van der Waals surface area contributed by atoms with Crippen LogP contribution in [0.1, 0.15) is 5.76 Å². The number of hydrogen-bond donors (Lipinski definition) is 0. The van der Waals surface area contributed by atoms with Gasteiger partial charge < -0.3 is 9.15 Å². The maximum Gasteiger partial charge on any atom is 0.293 e. The molecule has 1 fully saturated rings. The lowest BCUT2D eigenvalue weighted by Crippen LogP contribution is -2.32. The van der Waals surface area contributed by atoms with E-state index < -0.39 is 0 Å². The lowest BCUT2D eigenvalue weighted by atomic mass is 10.2. The van der Waals surface area contributed by atoms with Gasteiger partial charge >= 0.3 is 0 Å². The molecule has 0 bridgehead atoms. The molecule has 0 atom stereocenters. The van der Waals surface area contributed by atoms with Crippen LogP contribution in [0, 0.1) is 0 Å². The molecule has 152 valence electrons. The van der Waals surface area contributed by atoms with E-state index in [-0.39, 0.29) is 24.3 Å². The molecule has 0 spiro atoms. The van der Waals surface area contributed by atoms with Crippen molar-refractivity contribution < 1.29 is 18.7 Å². The SMILES string of the molecule is O=C1S/C(=C\c2ccc(-c3ccccc3Cl)o2)C(=O)N1CCOc1ccc(Cl)cc1. The predicted molar refractivity (Wildman–Crippen MR) is 119 cm³/mol. The summed E-state index contributed by atoms with van der Waals surface area (Å²) in [6.07, 6.45) is 1.56. The third kappa shape index (κ3) is 4.56. The van der Waals surface area contributed by atoms with Gasteiger partial charge in [0.15, 0.2) is 0 Å². The zero-order valence-electron chi connectivity index (χ0n) is 15.5. The second-order valence-electron chi connectivity index (χ2n) is 6.32. The van der Waals surface area contributed by atoms with Crippen molar-refractivity contribution in [1.82, 2.24) is 4.90 Å². The van der Waals surface area contributed by atoms with E-state index in [0.29, 0.717) is 32.2 Å². The first-order valence-electron chi connectivity index (χ1n) is 9.00. The Hall–Kier alpha value is -2.67. The smallest absolute Gasteiger partial charge is 0.293 e. The number of imide groups is 1. The van der Waals surface area contributed by atoms with Gasteiger partial charge in [0, 0.05) is 16.7 Å². The molecule has 1 aromatic heterocycles. The van der Waals surface area contributed by atoms with Crippen LogP contribution in [0.5, 0.6) is 5.75 Å². The summed E-state index contributed by atoms with van der Waals surface area (Å²) in [6, 6.07) is 17.7. The Bertz CT molecular complexity index is 1120. The topological polar surface area (TPSA) is 59.8 Å². The van der Waals surface area contributed by atoms with Gasteiger partial charge in [0.1, 0.15) is 23.9 Å². The number of carbonyl (C=O) groups excluding carboxylic acids is 2. The number of ether oxygens (including phenoxy) is 1. The highest BCUT2D eigenvalue weighted by molar-refractivity contribution is 8.18. The average molecular weight is 460 g/mol. The number of rotatable bonds is 6. The van der Waals surface area contributed by atoms with Crippen LogP contribution in [0.15, 0.2) is 70.0 Å². The fourth-order valence-electron chi connectivity index (χ4n) is 2.84. The number of benzene rings is 2. The molecule has 0 aliphatic carbocycles. The summed E-state index contributed by atoms with van der Waals surface area (Å²) in [6.45, 7) is 0.331. The standard InChI is InChI=1S/C22H15Cl2NO4S/c23-14-5-7-15(8-6-14)28-12-11-25-21(26)20(30-22(25)27)13-16-9-10-19(29-16)17-3-1-2-4-18(17)24/h1-10,13H,11-12H2/b20-13-. The third-order valence-corrected chi connectivity index (χ3v) is 5.80. The van der Waals surface area contributed by atoms with Gasteiger partial charge in [-0.2, -0.15) is 0 Å². The van der Waals surface area contributed by atoms with E-state index in [0.717, 1.165) is 22.2 Å². The Morgan fingerprint density at radius 3 is 2.53 bits per heavy atom. The van der Waals surface area contributed by atoms with Crippen molar-refractivity contribution in [3.8, 4) is 17.1 Å². The number of hydrogen-bond acceptors (Lipinski definition) is 5. The van der Waals surface area contributed by atoms with Crippen molar-refractivity contribution in [2.75, 3.05) is 13.2 Å². The van der Waals surface area contributed by atoms with Crippen LogP contribution in [-0.2, 0) is 4.79 Å². The van der Waals surface area contributed by atoms with Crippen LogP contribution in [0.4, 0.5) is 4.79 Å². The van der Waals surface area contributed by atoms with Crippen molar-refractivity contribution >= 4 is 52.2 Å². The van der Waals surface area contributed by atoms with Gasteiger partial charge in [0.25, 0.3) is 11.1 Å². The van der Waals surface area contributed by atoms with Crippen molar-refractivity contribution in [3.63, 3.8) is 0 Å².